The van der Waals surface area contributed by atoms with Crippen LogP contribution in [0, 0.1) is 11.8 Å². The molecule has 0 bridgehead atoms. The number of nitrogens with zero attached hydrogens (tertiary/aromatic N) is 2. The van der Waals surface area contributed by atoms with E-state index in [9.17, 15) is 4.39 Å². The molecule has 2 N–H and O–H groups in total. The summed E-state index contributed by atoms with van der Waals surface area (Å²) in [5.41, 5.74) is 5.38. The monoisotopic (exact) mass is 255 g/mol. The Morgan fingerprint density at radius 1 is 1.39 bits per heavy atom. The van der Waals surface area contributed by atoms with Crippen LogP contribution in [-0.2, 0) is 0 Å². The van der Waals surface area contributed by atoms with Gasteiger partial charge in [-0.05, 0) is 38.0 Å². The Labute approximate surface area is 110 Å². The molecule has 1 aliphatic rings. The van der Waals surface area contributed by atoms with Gasteiger partial charge in [-0.1, -0.05) is 13.3 Å². The first-order valence-electron chi connectivity index (χ1n) is 7.06. The van der Waals surface area contributed by atoms with Gasteiger partial charge in [-0.2, -0.15) is 0 Å². The van der Waals surface area contributed by atoms with Crippen LogP contribution in [0.15, 0.2) is 9.98 Å². The fraction of sp³-hybridized carbons (Fsp3) is 0.857. The highest BCUT2D eigenvalue weighted by Crippen LogP contribution is 2.32. The van der Waals surface area contributed by atoms with Crippen molar-refractivity contribution in [3.8, 4) is 0 Å². The van der Waals surface area contributed by atoms with Gasteiger partial charge in [-0.25, -0.2) is 9.38 Å². The van der Waals surface area contributed by atoms with Gasteiger partial charge < -0.3 is 5.73 Å². The van der Waals surface area contributed by atoms with E-state index >= 15 is 0 Å². The molecule has 1 fully saturated rings. The fourth-order valence-corrected chi connectivity index (χ4v) is 2.56. The molecule has 1 unspecified atom stereocenters. The molecule has 0 aliphatic heterocycles. The lowest BCUT2D eigenvalue weighted by Gasteiger charge is -2.29. The summed E-state index contributed by atoms with van der Waals surface area (Å²) in [5, 5.41) is 0. The molecule has 104 valence electrons. The number of aliphatic imine (C=N–C) groups is 2. The number of nitrogens with two attached hydrogens (primary N) is 1. The Kier molecular flexibility index (Phi) is 7.09. The maximum Gasteiger partial charge on any atom is 0.125 e. The molecular weight excluding hydrogens is 229 g/mol. The molecule has 1 aliphatic carbocycles. The first-order chi connectivity index (χ1) is 8.72. The zero-order valence-corrected chi connectivity index (χ0v) is 11.6. The van der Waals surface area contributed by atoms with Crippen LogP contribution in [0.2, 0.25) is 0 Å². The van der Waals surface area contributed by atoms with E-state index in [4.69, 9.17) is 5.73 Å². The average Bonchev–Trinajstić information content (AvgIpc) is 2.43. The molecule has 0 saturated heterocycles. The van der Waals surface area contributed by atoms with Gasteiger partial charge in [0.25, 0.3) is 0 Å². The zero-order chi connectivity index (χ0) is 13.4. The minimum Gasteiger partial charge on any atom is -0.328 e. The van der Waals surface area contributed by atoms with Gasteiger partial charge in [0.05, 0.1) is 0 Å². The van der Waals surface area contributed by atoms with Gasteiger partial charge >= 0.3 is 0 Å². The van der Waals surface area contributed by atoms with E-state index in [0.717, 1.165) is 44.4 Å². The van der Waals surface area contributed by atoms with Gasteiger partial charge in [0.2, 0.25) is 0 Å². The molecule has 1 atom stereocenters. The van der Waals surface area contributed by atoms with Crippen LogP contribution < -0.4 is 5.73 Å². The third-order valence-electron chi connectivity index (χ3n) is 3.74. The third-order valence-corrected chi connectivity index (χ3v) is 3.74. The molecule has 0 spiro atoms. The van der Waals surface area contributed by atoms with Crippen molar-refractivity contribution in [1.29, 1.82) is 0 Å². The van der Waals surface area contributed by atoms with Crippen LogP contribution in [-0.4, -0.2) is 31.8 Å². The maximum atomic E-state index is 13.5. The van der Waals surface area contributed by atoms with E-state index in [1.807, 2.05) is 6.21 Å². The summed E-state index contributed by atoms with van der Waals surface area (Å²) in [6, 6.07) is 0. The molecule has 3 nitrogen and oxygen atoms in total. The molecule has 1 saturated carbocycles. The van der Waals surface area contributed by atoms with Gasteiger partial charge in [0.1, 0.15) is 12.0 Å². The highest BCUT2D eigenvalue weighted by molar-refractivity contribution is 5.91. The van der Waals surface area contributed by atoms with Crippen molar-refractivity contribution in [2.45, 2.75) is 51.6 Å². The number of halogens is 1. The molecule has 18 heavy (non-hydrogen) atoms. The molecule has 0 aromatic heterocycles. The Bertz CT molecular complexity index is 281. The van der Waals surface area contributed by atoms with Crippen LogP contribution in [0.3, 0.4) is 0 Å². The Morgan fingerprint density at radius 3 is 2.56 bits per heavy atom. The smallest absolute Gasteiger partial charge is 0.125 e. The van der Waals surface area contributed by atoms with Crippen LogP contribution in [0.4, 0.5) is 4.39 Å². The number of alkyl halides is 1. The predicted molar refractivity (Wildman–Crippen MR) is 76.2 cm³/mol. The summed E-state index contributed by atoms with van der Waals surface area (Å²) in [5.74, 6) is 1.48. The van der Waals surface area contributed by atoms with Gasteiger partial charge in [0, 0.05) is 25.7 Å². The molecule has 0 radical (unpaired) electrons. The van der Waals surface area contributed by atoms with Crippen LogP contribution in [0.25, 0.3) is 0 Å². The number of rotatable bonds is 5. The maximum absolute atomic E-state index is 13.5. The summed E-state index contributed by atoms with van der Waals surface area (Å²) >= 11 is 0. The topological polar surface area (TPSA) is 50.7 Å². The number of hydrogen-bond acceptors (Lipinski definition) is 2. The molecule has 0 amide bonds. The standard InChI is InChI=1S/C14H26FN3/c1-3-4-9-18-14(17-2)12-7-5-11(6-8-12)13(15)10-16/h9,11-13H,3-8,10,16H2,1-2H3. The second-order valence-electron chi connectivity index (χ2n) is 5.05. The molecule has 4 heteroatoms. The molecule has 1 rings (SSSR count). The minimum absolute atomic E-state index is 0.143. The molecule has 0 aromatic rings. The second-order valence-corrected chi connectivity index (χ2v) is 5.05. The van der Waals surface area contributed by atoms with Crippen molar-refractivity contribution < 1.29 is 4.39 Å². The van der Waals surface area contributed by atoms with Gasteiger partial charge in [-0.15, -0.1) is 0 Å². The summed E-state index contributed by atoms with van der Waals surface area (Å²) in [6.45, 7) is 2.28. The summed E-state index contributed by atoms with van der Waals surface area (Å²) in [4.78, 5) is 8.73. The van der Waals surface area contributed by atoms with Crippen LogP contribution >= 0.6 is 0 Å². The highest BCUT2D eigenvalue weighted by atomic mass is 19.1. The summed E-state index contributed by atoms with van der Waals surface area (Å²) < 4.78 is 13.5. The molecular formula is C14H26FN3. The van der Waals surface area contributed by atoms with E-state index in [1.54, 1.807) is 7.05 Å². The van der Waals surface area contributed by atoms with E-state index in [-0.39, 0.29) is 12.5 Å². The third kappa shape index (κ3) is 4.48. The van der Waals surface area contributed by atoms with Crippen LogP contribution in [0.1, 0.15) is 45.4 Å². The lowest BCUT2D eigenvalue weighted by atomic mass is 9.79. The SMILES string of the molecule is CCCC=NC(=NC)C1CCC(C(F)CN)CC1. The van der Waals surface area contributed by atoms with E-state index in [0.29, 0.717) is 5.92 Å². The minimum atomic E-state index is -0.837. The zero-order valence-electron chi connectivity index (χ0n) is 11.6. The fourth-order valence-electron chi connectivity index (χ4n) is 2.56. The van der Waals surface area contributed by atoms with Crippen molar-refractivity contribution in [2.24, 2.45) is 27.6 Å². The quantitative estimate of drug-likeness (QED) is 0.596. The first-order valence-corrected chi connectivity index (χ1v) is 7.06. The van der Waals surface area contributed by atoms with E-state index < -0.39 is 6.17 Å². The summed E-state index contributed by atoms with van der Waals surface area (Å²) in [6.07, 6.45) is 7.00. The molecule has 0 aromatic carbocycles. The van der Waals surface area contributed by atoms with Crippen molar-refractivity contribution in [2.75, 3.05) is 13.6 Å². The second kappa shape index (κ2) is 8.35. The van der Waals surface area contributed by atoms with Crippen molar-refractivity contribution in [3.05, 3.63) is 0 Å². The molecule has 0 heterocycles. The number of unbranched alkanes of at least 4 members (excludes halogenated alkanes) is 1. The first kappa shape index (κ1) is 15.3. The van der Waals surface area contributed by atoms with Crippen molar-refractivity contribution >= 4 is 12.1 Å². The van der Waals surface area contributed by atoms with E-state index in [2.05, 4.69) is 16.9 Å². The lowest BCUT2D eigenvalue weighted by molar-refractivity contribution is 0.176. The van der Waals surface area contributed by atoms with Crippen molar-refractivity contribution in [3.63, 3.8) is 0 Å². The Balaban J connectivity index is 2.45. The largest absolute Gasteiger partial charge is 0.328 e. The van der Waals surface area contributed by atoms with Crippen LogP contribution in [0.5, 0.6) is 0 Å². The normalized spacial score (nSPS) is 27.7. The van der Waals surface area contributed by atoms with Gasteiger partial charge in [-0.3, -0.25) is 4.99 Å². The average molecular weight is 255 g/mol. The Morgan fingerprint density at radius 2 is 2.06 bits per heavy atom. The van der Waals surface area contributed by atoms with Crippen molar-refractivity contribution in [1.82, 2.24) is 0 Å². The number of hydrogen-bond donors (Lipinski definition) is 1. The Hall–Kier alpha value is -0.770. The van der Waals surface area contributed by atoms with Gasteiger partial charge in [0.15, 0.2) is 0 Å². The lowest BCUT2D eigenvalue weighted by Crippen LogP contribution is -2.30. The van der Waals surface area contributed by atoms with E-state index in [1.165, 1.54) is 0 Å². The predicted octanol–water partition coefficient (Wildman–Crippen LogP) is 2.99. The number of amidine groups is 1. The highest BCUT2D eigenvalue weighted by Gasteiger charge is 2.28. The summed E-state index contributed by atoms with van der Waals surface area (Å²) in [7, 11) is 1.79.